The third-order valence-corrected chi connectivity index (χ3v) is 2.10. The number of hydrogen-bond acceptors (Lipinski definition) is 4. The van der Waals surface area contributed by atoms with E-state index in [4.69, 9.17) is 15.6 Å². The summed E-state index contributed by atoms with van der Waals surface area (Å²) in [5.74, 6) is -2.06. The minimum absolute atomic E-state index is 0.325. The molecule has 1 heterocycles. The van der Waals surface area contributed by atoms with E-state index in [2.05, 4.69) is 0 Å². The number of carbonyl (C=O) groups is 1. The van der Waals surface area contributed by atoms with E-state index < -0.39 is 23.5 Å². The summed E-state index contributed by atoms with van der Waals surface area (Å²) < 4.78 is 17.8. The van der Waals surface area contributed by atoms with E-state index in [0.29, 0.717) is 5.56 Å². The Morgan fingerprint density at radius 3 is 2.73 bits per heavy atom. The lowest BCUT2D eigenvalue weighted by molar-refractivity contribution is -0.123. The van der Waals surface area contributed by atoms with Gasteiger partial charge >= 0.3 is 0 Å². The van der Waals surface area contributed by atoms with Crippen LogP contribution in [0.25, 0.3) is 0 Å². The van der Waals surface area contributed by atoms with E-state index >= 15 is 0 Å². The van der Waals surface area contributed by atoms with Crippen molar-refractivity contribution in [3.05, 3.63) is 47.3 Å². The van der Waals surface area contributed by atoms with Crippen LogP contribution >= 0.6 is 0 Å². The average molecular weight is 209 g/mol. The van der Waals surface area contributed by atoms with E-state index in [1.807, 2.05) is 0 Å². The third-order valence-electron chi connectivity index (χ3n) is 2.10. The molecule has 0 radical (unpaired) electrons. The summed E-state index contributed by atoms with van der Waals surface area (Å²) in [4.78, 5) is 11.4. The van der Waals surface area contributed by atoms with E-state index in [0.717, 1.165) is 6.07 Å². The summed E-state index contributed by atoms with van der Waals surface area (Å²) in [6.07, 6.45) is -1.04. The highest BCUT2D eigenvalue weighted by Gasteiger charge is 2.35. The van der Waals surface area contributed by atoms with Crippen molar-refractivity contribution in [2.45, 2.75) is 6.10 Å². The van der Waals surface area contributed by atoms with E-state index in [1.165, 1.54) is 18.2 Å². The zero-order valence-corrected chi connectivity index (χ0v) is 7.61. The van der Waals surface area contributed by atoms with Crippen LogP contribution in [0.5, 0.6) is 0 Å². The number of aliphatic hydroxyl groups is 1. The van der Waals surface area contributed by atoms with Gasteiger partial charge in [0.1, 0.15) is 5.82 Å². The fourth-order valence-corrected chi connectivity index (χ4v) is 1.37. The van der Waals surface area contributed by atoms with Crippen molar-refractivity contribution in [3.63, 3.8) is 0 Å². The lowest BCUT2D eigenvalue weighted by Gasteiger charge is -2.09. The van der Waals surface area contributed by atoms with Gasteiger partial charge in [0.25, 0.3) is 0 Å². The van der Waals surface area contributed by atoms with Gasteiger partial charge in [0.2, 0.25) is 17.4 Å². The molecule has 2 rings (SSSR count). The topological polar surface area (TPSA) is 72.5 Å². The quantitative estimate of drug-likeness (QED) is 0.727. The predicted octanol–water partition coefficient (Wildman–Crippen LogP) is 1.15. The number of nitrogens with two attached hydrogens (primary N) is 1. The molecule has 0 fully saturated rings. The molecule has 78 valence electrons. The number of benzene rings is 1. The standard InChI is InChI=1S/C10H8FNO3/c11-6-3-1-2-5(4-6)9-7(13)8(14)10(12)15-9/h1-4,9,14H,12H2/t9-/m0/s1. The van der Waals surface area contributed by atoms with Crippen LogP contribution in [0.1, 0.15) is 11.7 Å². The monoisotopic (exact) mass is 209 g/mol. The van der Waals surface area contributed by atoms with Gasteiger partial charge in [0.05, 0.1) is 0 Å². The molecule has 1 aromatic rings. The van der Waals surface area contributed by atoms with Gasteiger partial charge in [-0.05, 0) is 12.1 Å². The highest BCUT2D eigenvalue weighted by atomic mass is 19.1. The SMILES string of the molecule is NC1=C(O)C(=O)[C@H](c2cccc(F)c2)O1. The number of rotatable bonds is 1. The summed E-state index contributed by atoms with van der Waals surface area (Å²) in [7, 11) is 0. The first-order valence-corrected chi connectivity index (χ1v) is 4.24. The maximum Gasteiger partial charge on any atom is 0.247 e. The number of ether oxygens (including phenoxy) is 1. The molecule has 0 aliphatic carbocycles. The molecule has 3 N–H and O–H groups in total. The second-order valence-electron chi connectivity index (χ2n) is 3.13. The molecule has 0 saturated carbocycles. The number of ketones is 1. The maximum atomic E-state index is 12.9. The van der Waals surface area contributed by atoms with Crippen molar-refractivity contribution in [2.75, 3.05) is 0 Å². The number of carbonyl (C=O) groups excluding carboxylic acids is 1. The summed E-state index contributed by atoms with van der Waals surface area (Å²) in [5, 5.41) is 9.15. The van der Waals surface area contributed by atoms with Gasteiger partial charge in [-0.1, -0.05) is 12.1 Å². The first-order chi connectivity index (χ1) is 7.09. The Balaban J connectivity index is 2.33. The van der Waals surface area contributed by atoms with Crippen LogP contribution in [0.15, 0.2) is 35.9 Å². The normalized spacial score (nSPS) is 20.6. The zero-order chi connectivity index (χ0) is 11.0. The Morgan fingerprint density at radius 2 is 2.20 bits per heavy atom. The number of Topliss-reactive ketones (excluding diaryl/α,β-unsaturated/α-hetero) is 1. The minimum atomic E-state index is -1.04. The first kappa shape index (κ1) is 9.51. The molecule has 0 amide bonds. The van der Waals surface area contributed by atoms with Crippen LogP contribution in [0.4, 0.5) is 4.39 Å². The van der Waals surface area contributed by atoms with Gasteiger partial charge in [-0.25, -0.2) is 4.39 Å². The van der Waals surface area contributed by atoms with E-state index in [9.17, 15) is 9.18 Å². The molecule has 4 nitrogen and oxygen atoms in total. The van der Waals surface area contributed by atoms with Crippen molar-refractivity contribution in [2.24, 2.45) is 5.73 Å². The first-order valence-electron chi connectivity index (χ1n) is 4.24. The van der Waals surface area contributed by atoms with Crippen molar-refractivity contribution < 1.29 is 19.0 Å². The molecule has 0 aromatic heterocycles. The smallest absolute Gasteiger partial charge is 0.247 e. The number of hydrogen-bond donors (Lipinski definition) is 2. The molecule has 1 aliphatic heterocycles. The highest BCUT2D eigenvalue weighted by molar-refractivity contribution is 5.99. The van der Waals surface area contributed by atoms with E-state index in [1.54, 1.807) is 0 Å². The highest BCUT2D eigenvalue weighted by Crippen LogP contribution is 2.29. The van der Waals surface area contributed by atoms with Crippen LogP contribution in [0.2, 0.25) is 0 Å². The van der Waals surface area contributed by atoms with Gasteiger partial charge in [-0.15, -0.1) is 0 Å². The summed E-state index contributed by atoms with van der Waals surface area (Å²) in [6.45, 7) is 0. The lowest BCUT2D eigenvalue weighted by atomic mass is 10.1. The lowest BCUT2D eigenvalue weighted by Crippen LogP contribution is -2.09. The molecule has 1 aromatic carbocycles. The third kappa shape index (κ3) is 1.52. The fraction of sp³-hybridized carbons (Fsp3) is 0.100. The van der Waals surface area contributed by atoms with Gasteiger partial charge in [-0.3, -0.25) is 4.79 Å². The zero-order valence-electron chi connectivity index (χ0n) is 7.61. The molecule has 5 heteroatoms. The molecule has 0 saturated heterocycles. The van der Waals surface area contributed by atoms with Crippen LogP contribution in [0.3, 0.4) is 0 Å². The molecule has 0 bridgehead atoms. The summed E-state index contributed by atoms with van der Waals surface area (Å²) in [5.41, 5.74) is 5.55. The Labute approximate surface area is 84.8 Å². The van der Waals surface area contributed by atoms with Crippen LogP contribution in [0, 0.1) is 5.82 Å². The van der Waals surface area contributed by atoms with Crippen molar-refractivity contribution in [1.82, 2.24) is 0 Å². The summed E-state index contributed by atoms with van der Waals surface area (Å²) >= 11 is 0. The Hall–Kier alpha value is -2.04. The molecule has 0 spiro atoms. The van der Waals surface area contributed by atoms with Crippen LogP contribution in [-0.4, -0.2) is 10.9 Å². The van der Waals surface area contributed by atoms with Crippen LogP contribution < -0.4 is 5.73 Å². The molecular formula is C10H8FNO3. The van der Waals surface area contributed by atoms with Gasteiger partial charge in [-0.2, -0.15) is 0 Å². The largest absolute Gasteiger partial charge is 0.501 e. The predicted molar refractivity (Wildman–Crippen MR) is 49.1 cm³/mol. The average Bonchev–Trinajstić information content (AvgIpc) is 2.46. The molecule has 1 atom stereocenters. The maximum absolute atomic E-state index is 12.9. The molecule has 0 unspecified atom stereocenters. The minimum Gasteiger partial charge on any atom is -0.501 e. The Bertz CT molecular complexity index is 456. The van der Waals surface area contributed by atoms with Gasteiger partial charge in [0, 0.05) is 5.56 Å². The Morgan fingerprint density at radius 1 is 1.47 bits per heavy atom. The van der Waals surface area contributed by atoms with Gasteiger partial charge in [0.15, 0.2) is 6.10 Å². The molecule has 15 heavy (non-hydrogen) atoms. The number of halogens is 1. The van der Waals surface area contributed by atoms with Crippen molar-refractivity contribution in [3.8, 4) is 0 Å². The van der Waals surface area contributed by atoms with Crippen molar-refractivity contribution in [1.29, 1.82) is 0 Å². The second kappa shape index (κ2) is 3.27. The Kier molecular flexibility index (Phi) is 2.07. The number of aliphatic hydroxyl groups excluding tert-OH is 1. The van der Waals surface area contributed by atoms with Crippen LogP contribution in [-0.2, 0) is 9.53 Å². The summed E-state index contributed by atoms with van der Waals surface area (Å²) in [6, 6.07) is 5.39. The second-order valence-corrected chi connectivity index (χ2v) is 3.13. The fourth-order valence-electron chi connectivity index (χ4n) is 1.37. The van der Waals surface area contributed by atoms with E-state index in [-0.39, 0.29) is 5.88 Å². The molecule has 1 aliphatic rings. The van der Waals surface area contributed by atoms with Crippen molar-refractivity contribution >= 4 is 5.78 Å². The molecular weight excluding hydrogens is 201 g/mol. The van der Waals surface area contributed by atoms with Gasteiger partial charge < -0.3 is 15.6 Å².